The first-order valence-electron chi connectivity index (χ1n) is 7.14. The van der Waals surface area contributed by atoms with Crippen molar-refractivity contribution in [2.75, 3.05) is 27.2 Å². The van der Waals surface area contributed by atoms with Gasteiger partial charge in [-0.1, -0.05) is 0 Å². The van der Waals surface area contributed by atoms with Crippen LogP contribution in [0.3, 0.4) is 0 Å². The van der Waals surface area contributed by atoms with Gasteiger partial charge in [0.25, 0.3) is 5.91 Å². The summed E-state index contributed by atoms with van der Waals surface area (Å²) in [5.41, 5.74) is 0.313. The van der Waals surface area contributed by atoms with Gasteiger partial charge in [-0.15, -0.1) is 12.4 Å². The highest BCUT2D eigenvalue weighted by Gasteiger charge is 2.24. The van der Waals surface area contributed by atoms with Crippen molar-refractivity contribution in [1.29, 1.82) is 0 Å². The minimum absolute atomic E-state index is 0. The molecule has 1 saturated heterocycles. The average molecular weight is 351 g/mol. The number of methoxy groups -OCH3 is 1. The van der Waals surface area contributed by atoms with Crippen molar-refractivity contribution in [1.82, 2.24) is 10.2 Å². The third kappa shape index (κ3) is 4.94. The number of amides is 1. The number of nitrogens with one attached hydrogen (secondary N) is 1. The van der Waals surface area contributed by atoms with E-state index >= 15 is 0 Å². The molecule has 0 radical (unpaired) electrons. The lowest BCUT2D eigenvalue weighted by Crippen LogP contribution is -2.46. The molecule has 1 unspecified atom stereocenters. The fraction of sp³-hybridized carbons (Fsp3) is 0.533. The second-order valence-corrected chi connectivity index (χ2v) is 5.12. The number of halogens is 3. The number of carbonyl (C=O) groups is 1. The molecule has 1 amide bonds. The highest BCUT2D eigenvalue weighted by atomic mass is 35.5. The van der Waals surface area contributed by atoms with E-state index < -0.39 is 6.61 Å². The van der Waals surface area contributed by atoms with Crippen molar-refractivity contribution in [3.8, 4) is 11.5 Å². The maximum Gasteiger partial charge on any atom is 0.387 e. The molecule has 0 bridgehead atoms. The number of hydrogen-bond donors (Lipinski definition) is 1. The smallest absolute Gasteiger partial charge is 0.387 e. The Morgan fingerprint density at radius 2 is 2.13 bits per heavy atom. The Hall–Kier alpha value is -1.60. The summed E-state index contributed by atoms with van der Waals surface area (Å²) in [6.07, 6.45) is 1.93. The van der Waals surface area contributed by atoms with Gasteiger partial charge in [-0.05, 0) is 38.1 Å². The van der Waals surface area contributed by atoms with Crippen molar-refractivity contribution < 1.29 is 23.0 Å². The lowest BCUT2D eigenvalue weighted by atomic mass is 10.0. The Labute approximate surface area is 140 Å². The topological polar surface area (TPSA) is 50.8 Å². The first kappa shape index (κ1) is 19.4. The Morgan fingerprint density at radius 3 is 2.74 bits per heavy atom. The molecule has 0 spiro atoms. The summed E-state index contributed by atoms with van der Waals surface area (Å²) in [6.45, 7) is -1.71. The van der Waals surface area contributed by atoms with E-state index in [2.05, 4.69) is 10.1 Å². The Balaban J connectivity index is 0.00000264. The van der Waals surface area contributed by atoms with E-state index in [0.29, 0.717) is 18.7 Å². The summed E-state index contributed by atoms with van der Waals surface area (Å²) < 4.78 is 34.3. The minimum Gasteiger partial charge on any atom is -0.493 e. The van der Waals surface area contributed by atoms with Crippen molar-refractivity contribution in [2.45, 2.75) is 25.5 Å². The molecule has 8 heteroatoms. The van der Waals surface area contributed by atoms with Gasteiger partial charge in [0.2, 0.25) is 0 Å². The lowest BCUT2D eigenvalue weighted by molar-refractivity contribution is -0.0512. The molecule has 1 N–H and O–H groups in total. The van der Waals surface area contributed by atoms with Crippen LogP contribution in [-0.2, 0) is 0 Å². The number of hydrogen-bond acceptors (Lipinski definition) is 4. The van der Waals surface area contributed by atoms with Crippen LogP contribution in [0, 0.1) is 0 Å². The number of nitrogens with zero attached hydrogens (tertiary/aromatic N) is 1. The number of likely N-dealkylation sites (tertiary alicyclic amines) is 1. The quantitative estimate of drug-likeness (QED) is 0.886. The zero-order valence-corrected chi connectivity index (χ0v) is 13.9. The van der Waals surface area contributed by atoms with E-state index in [1.807, 2.05) is 7.05 Å². The average Bonchev–Trinajstić information content (AvgIpc) is 2.53. The molecule has 0 aromatic heterocycles. The van der Waals surface area contributed by atoms with Crippen LogP contribution >= 0.6 is 12.4 Å². The SMILES string of the molecule is CNC1CCCN(C(=O)c2ccc(OC)c(OC(F)F)c2)C1.Cl. The third-order valence-corrected chi connectivity index (χ3v) is 3.74. The van der Waals surface area contributed by atoms with Crippen LogP contribution in [0.1, 0.15) is 23.2 Å². The van der Waals surface area contributed by atoms with Crippen molar-refractivity contribution in [2.24, 2.45) is 0 Å². The first-order chi connectivity index (χ1) is 10.5. The molecule has 1 aromatic rings. The number of carbonyl (C=O) groups excluding carboxylic acids is 1. The van der Waals surface area contributed by atoms with E-state index in [9.17, 15) is 13.6 Å². The van der Waals surface area contributed by atoms with Crippen molar-refractivity contribution >= 4 is 18.3 Å². The standard InChI is InChI=1S/C15H20F2N2O3.ClH/c1-18-11-4-3-7-19(9-11)14(20)10-5-6-12(21-2)13(8-10)22-15(16)17;/h5-6,8,11,15,18H,3-4,7,9H2,1-2H3;1H. The van der Waals surface area contributed by atoms with Gasteiger partial charge in [-0.3, -0.25) is 4.79 Å². The summed E-state index contributed by atoms with van der Waals surface area (Å²) in [6, 6.07) is 4.58. The van der Waals surface area contributed by atoms with Gasteiger partial charge in [0.15, 0.2) is 11.5 Å². The Bertz CT molecular complexity index is 531. The molecule has 1 aliphatic rings. The number of ether oxygens (including phenoxy) is 2. The molecule has 1 aliphatic heterocycles. The molecule has 0 saturated carbocycles. The normalized spacial score (nSPS) is 17.6. The molecular weight excluding hydrogens is 330 g/mol. The summed E-state index contributed by atoms with van der Waals surface area (Å²) in [7, 11) is 3.22. The van der Waals surface area contributed by atoms with E-state index in [4.69, 9.17) is 4.74 Å². The van der Waals surface area contributed by atoms with Crippen LogP contribution in [0.25, 0.3) is 0 Å². The van der Waals surface area contributed by atoms with E-state index in [0.717, 1.165) is 12.8 Å². The molecule has 1 heterocycles. The summed E-state index contributed by atoms with van der Waals surface area (Å²) in [5.74, 6) is -0.157. The molecule has 5 nitrogen and oxygen atoms in total. The van der Waals surface area contributed by atoms with Crippen molar-refractivity contribution in [3.05, 3.63) is 23.8 Å². The second kappa shape index (κ2) is 8.88. The molecule has 2 rings (SSSR count). The van der Waals surface area contributed by atoms with Gasteiger partial charge in [0, 0.05) is 24.7 Å². The number of rotatable bonds is 5. The fourth-order valence-electron chi connectivity index (χ4n) is 2.58. The molecule has 23 heavy (non-hydrogen) atoms. The Kier molecular flexibility index (Phi) is 7.51. The van der Waals surface area contributed by atoms with Gasteiger partial charge in [-0.25, -0.2) is 0 Å². The van der Waals surface area contributed by atoms with E-state index in [1.165, 1.54) is 19.2 Å². The highest BCUT2D eigenvalue weighted by Crippen LogP contribution is 2.30. The predicted octanol–water partition coefficient (Wildman–Crippen LogP) is 2.54. The zero-order valence-electron chi connectivity index (χ0n) is 13.1. The summed E-state index contributed by atoms with van der Waals surface area (Å²) in [5, 5.41) is 3.16. The van der Waals surface area contributed by atoms with E-state index in [-0.39, 0.29) is 35.9 Å². The molecule has 1 atom stereocenters. The molecular formula is C15H21ClF2N2O3. The van der Waals surface area contributed by atoms with Crippen LogP contribution in [0.4, 0.5) is 8.78 Å². The number of alkyl halides is 2. The highest BCUT2D eigenvalue weighted by molar-refractivity contribution is 5.95. The molecule has 1 aromatic carbocycles. The van der Waals surface area contributed by atoms with Crippen LogP contribution < -0.4 is 14.8 Å². The van der Waals surface area contributed by atoms with Gasteiger partial charge in [-0.2, -0.15) is 8.78 Å². The summed E-state index contributed by atoms with van der Waals surface area (Å²) >= 11 is 0. The van der Waals surface area contributed by atoms with Crippen molar-refractivity contribution in [3.63, 3.8) is 0 Å². The monoisotopic (exact) mass is 350 g/mol. The second-order valence-electron chi connectivity index (χ2n) is 5.12. The third-order valence-electron chi connectivity index (χ3n) is 3.74. The maximum atomic E-state index is 12.5. The minimum atomic E-state index is -2.97. The summed E-state index contributed by atoms with van der Waals surface area (Å²) in [4.78, 5) is 14.2. The largest absolute Gasteiger partial charge is 0.493 e. The van der Waals surface area contributed by atoms with Gasteiger partial charge in [0.1, 0.15) is 0 Å². The van der Waals surface area contributed by atoms with Gasteiger partial charge < -0.3 is 19.7 Å². The number of benzene rings is 1. The molecule has 1 fully saturated rings. The number of likely N-dealkylation sites (N-methyl/N-ethyl adjacent to an activating group) is 1. The van der Waals surface area contributed by atoms with Gasteiger partial charge >= 0.3 is 6.61 Å². The maximum absolute atomic E-state index is 12.5. The van der Waals surface area contributed by atoms with Crippen LogP contribution in [0.5, 0.6) is 11.5 Å². The van der Waals surface area contributed by atoms with Gasteiger partial charge in [0.05, 0.1) is 7.11 Å². The zero-order chi connectivity index (χ0) is 16.1. The number of piperidine rings is 1. The Morgan fingerprint density at radius 1 is 1.39 bits per heavy atom. The molecule has 0 aliphatic carbocycles. The fourth-order valence-corrected chi connectivity index (χ4v) is 2.58. The first-order valence-corrected chi connectivity index (χ1v) is 7.14. The van der Waals surface area contributed by atoms with Crippen LogP contribution in [-0.4, -0.2) is 50.7 Å². The lowest BCUT2D eigenvalue weighted by Gasteiger charge is -2.32. The van der Waals surface area contributed by atoms with E-state index in [1.54, 1.807) is 11.0 Å². The molecule has 130 valence electrons. The predicted molar refractivity (Wildman–Crippen MR) is 84.9 cm³/mol. The van der Waals surface area contributed by atoms with Crippen LogP contribution in [0.15, 0.2) is 18.2 Å². The van der Waals surface area contributed by atoms with Crippen LogP contribution in [0.2, 0.25) is 0 Å².